The monoisotopic (exact) mass is 402 g/mol. The topological polar surface area (TPSA) is 70.6 Å². The summed E-state index contributed by atoms with van der Waals surface area (Å²) in [7, 11) is 0. The number of ether oxygens (including phenoxy) is 1. The van der Waals surface area contributed by atoms with Crippen LogP contribution in [-0.2, 0) is 10.2 Å². The molecule has 1 atom stereocenters. The molecule has 0 spiro atoms. The first-order valence-corrected chi connectivity index (χ1v) is 9.86. The number of phenols is 1. The molecular weight excluding hydrogens is 378 g/mol. The molecule has 1 heterocycles. The van der Waals surface area contributed by atoms with E-state index < -0.39 is 24.1 Å². The Morgan fingerprint density at radius 1 is 1.21 bits per heavy atom. The van der Waals surface area contributed by atoms with Crippen molar-refractivity contribution < 1.29 is 23.4 Å². The Bertz CT molecular complexity index is 944. The van der Waals surface area contributed by atoms with Crippen LogP contribution in [0.25, 0.3) is 0 Å². The third-order valence-corrected chi connectivity index (χ3v) is 5.94. The molecule has 2 aromatic rings. The van der Waals surface area contributed by atoms with E-state index in [2.05, 4.69) is 10.6 Å². The molecule has 29 heavy (non-hydrogen) atoms. The van der Waals surface area contributed by atoms with Crippen LogP contribution >= 0.6 is 0 Å². The number of anilines is 2. The van der Waals surface area contributed by atoms with Crippen molar-refractivity contribution in [1.29, 1.82) is 0 Å². The molecule has 0 radical (unpaired) electrons. The van der Waals surface area contributed by atoms with E-state index >= 15 is 4.39 Å². The second-order valence-electron chi connectivity index (χ2n) is 8.10. The van der Waals surface area contributed by atoms with Gasteiger partial charge in [0.25, 0.3) is 0 Å². The van der Waals surface area contributed by atoms with Gasteiger partial charge in [-0.1, -0.05) is 38.3 Å². The number of hydrogen-bond acceptors (Lipinski definition) is 4. The largest absolute Gasteiger partial charge is 0.508 e. The Balaban J connectivity index is 1.55. The maximum Gasteiger partial charge on any atom is 0.344 e. The molecule has 3 N–H and O–H groups in total. The lowest BCUT2D eigenvalue weighted by Crippen LogP contribution is -2.51. The first-order valence-electron chi connectivity index (χ1n) is 9.86. The Hall–Kier alpha value is -2.83. The maximum atomic E-state index is 15.1. The summed E-state index contributed by atoms with van der Waals surface area (Å²) < 4.78 is 35.1. The molecule has 1 aliphatic heterocycles. The van der Waals surface area contributed by atoms with Gasteiger partial charge in [0, 0.05) is 11.6 Å². The van der Waals surface area contributed by atoms with Gasteiger partial charge in [-0.15, -0.1) is 0 Å². The number of para-hydroxylation sites is 2. The molecule has 2 aliphatic rings. The van der Waals surface area contributed by atoms with Crippen LogP contribution in [-0.4, -0.2) is 23.4 Å². The number of carbonyl (C=O) groups excluding carboxylic acids is 1. The SMILES string of the molecule is CC1(c2cc(F)c(NC(=O)[C@@]3(F)CNc4ccccc4O3)cc2O)CCCCC1. The van der Waals surface area contributed by atoms with Crippen molar-refractivity contribution >= 4 is 17.3 Å². The standard InChI is InChI=1S/C22H24F2N2O3/c1-21(9-5-2-6-10-21)14-11-15(23)17(12-18(14)27)26-20(28)22(24)13-25-16-7-3-4-8-19(16)29-22/h3-4,7-8,11-12,25,27H,2,5-6,9-10,13H2,1H3,(H,26,28)/t22-/m1/s1. The third kappa shape index (κ3) is 3.61. The fourth-order valence-electron chi connectivity index (χ4n) is 4.21. The molecule has 1 saturated carbocycles. The number of amides is 1. The number of phenolic OH excluding ortho intramolecular Hbond substituents is 1. The van der Waals surface area contributed by atoms with Gasteiger partial charge >= 0.3 is 11.8 Å². The molecular formula is C22H24F2N2O3. The van der Waals surface area contributed by atoms with E-state index in [-0.39, 0.29) is 22.6 Å². The van der Waals surface area contributed by atoms with Gasteiger partial charge in [0.1, 0.15) is 17.3 Å². The van der Waals surface area contributed by atoms with Crippen molar-refractivity contribution in [2.24, 2.45) is 0 Å². The lowest BCUT2D eigenvalue weighted by Gasteiger charge is -2.35. The summed E-state index contributed by atoms with van der Waals surface area (Å²) >= 11 is 0. The Morgan fingerprint density at radius 3 is 2.69 bits per heavy atom. The fraction of sp³-hybridized carbons (Fsp3) is 0.409. The average molecular weight is 402 g/mol. The first-order chi connectivity index (χ1) is 13.8. The number of hydrogen-bond donors (Lipinski definition) is 3. The Kier molecular flexibility index (Phi) is 4.84. The minimum absolute atomic E-state index is 0.105. The molecule has 0 unspecified atom stereocenters. The molecule has 0 bridgehead atoms. The summed E-state index contributed by atoms with van der Waals surface area (Å²) in [4.78, 5) is 12.5. The number of alkyl halides is 1. The van der Waals surface area contributed by atoms with Crippen LogP contribution in [0.4, 0.5) is 20.2 Å². The summed E-state index contributed by atoms with van der Waals surface area (Å²) in [5, 5.41) is 15.5. The molecule has 7 heteroatoms. The van der Waals surface area contributed by atoms with Gasteiger partial charge in [0.2, 0.25) is 0 Å². The van der Waals surface area contributed by atoms with E-state index in [9.17, 15) is 14.3 Å². The van der Waals surface area contributed by atoms with Crippen LogP contribution in [0.2, 0.25) is 0 Å². The second-order valence-corrected chi connectivity index (χ2v) is 8.10. The minimum Gasteiger partial charge on any atom is -0.508 e. The van der Waals surface area contributed by atoms with Gasteiger partial charge in [-0.05, 0) is 36.5 Å². The lowest BCUT2D eigenvalue weighted by molar-refractivity contribution is -0.146. The highest BCUT2D eigenvalue weighted by Crippen LogP contribution is 2.44. The summed E-state index contributed by atoms with van der Waals surface area (Å²) in [5.41, 5.74) is 0.498. The number of benzene rings is 2. The van der Waals surface area contributed by atoms with Gasteiger partial charge < -0.3 is 20.5 Å². The van der Waals surface area contributed by atoms with Crippen LogP contribution in [0.15, 0.2) is 36.4 Å². The molecule has 154 valence electrons. The van der Waals surface area contributed by atoms with Crippen LogP contribution < -0.4 is 15.4 Å². The predicted molar refractivity (Wildman–Crippen MR) is 107 cm³/mol. The summed E-state index contributed by atoms with van der Waals surface area (Å²) in [6, 6.07) is 9.05. The summed E-state index contributed by atoms with van der Waals surface area (Å²) in [6.07, 6.45) is 4.89. The van der Waals surface area contributed by atoms with E-state index in [1.165, 1.54) is 12.1 Å². The van der Waals surface area contributed by atoms with Crippen LogP contribution in [0.1, 0.15) is 44.6 Å². The smallest absolute Gasteiger partial charge is 0.344 e. The van der Waals surface area contributed by atoms with Crippen LogP contribution in [0.5, 0.6) is 11.5 Å². The predicted octanol–water partition coefficient (Wildman–Crippen LogP) is 4.86. The highest BCUT2D eigenvalue weighted by atomic mass is 19.2. The van der Waals surface area contributed by atoms with Gasteiger partial charge in [-0.3, -0.25) is 4.79 Å². The fourth-order valence-corrected chi connectivity index (χ4v) is 4.21. The van der Waals surface area contributed by atoms with E-state index in [4.69, 9.17) is 4.74 Å². The highest BCUT2D eigenvalue weighted by molar-refractivity contribution is 5.97. The van der Waals surface area contributed by atoms with Crippen molar-refractivity contribution in [2.45, 2.75) is 50.3 Å². The molecule has 2 aromatic carbocycles. The number of aromatic hydroxyl groups is 1. The highest BCUT2D eigenvalue weighted by Gasteiger charge is 2.45. The third-order valence-electron chi connectivity index (χ3n) is 5.94. The van der Waals surface area contributed by atoms with E-state index in [1.807, 2.05) is 6.92 Å². The van der Waals surface area contributed by atoms with Crippen molar-refractivity contribution in [2.75, 3.05) is 17.2 Å². The van der Waals surface area contributed by atoms with Gasteiger partial charge in [0.05, 0.1) is 17.9 Å². The minimum atomic E-state index is -2.70. The van der Waals surface area contributed by atoms with Crippen molar-refractivity contribution in [3.63, 3.8) is 0 Å². The van der Waals surface area contributed by atoms with Gasteiger partial charge in [0.15, 0.2) is 0 Å². The molecule has 4 rings (SSSR count). The molecule has 0 aromatic heterocycles. The molecule has 1 amide bonds. The van der Waals surface area contributed by atoms with E-state index in [0.717, 1.165) is 38.2 Å². The van der Waals surface area contributed by atoms with E-state index in [1.54, 1.807) is 18.2 Å². The van der Waals surface area contributed by atoms with Crippen LogP contribution in [0.3, 0.4) is 0 Å². The average Bonchev–Trinajstić information content (AvgIpc) is 2.70. The van der Waals surface area contributed by atoms with Gasteiger partial charge in [-0.25, -0.2) is 4.39 Å². The molecule has 0 saturated heterocycles. The normalized spacial score (nSPS) is 22.7. The zero-order valence-corrected chi connectivity index (χ0v) is 16.2. The Labute approximate surface area is 168 Å². The molecule has 1 fully saturated rings. The maximum absolute atomic E-state index is 15.1. The quantitative estimate of drug-likeness (QED) is 0.686. The van der Waals surface area contributed by atoms with Crippen molar-refractivity contribution in [3.8, 4) is 11.5 Å². The number of carbonyl (C=O) groups is 1. The number of nitrogens with one attached hydrogen (secondary N) is 2. The molecule has 1 aliphatic carbocycles. The van der Waals surface area contributed by atoms with Crippen LogP contribution in [0, 0.1) is 5.82 Å². The number of halogens is 2. The summed E-state index contributed by atoms with van der Waals surface area (Å²) in [6.45, 7) is 1.59. The molecule has 5 nitrogen and oxygen atoms in total. The van der Waals surface area contributed by atoms with Crippen molar-refractivity contribution in [1.82, 2.24) is 0 Å². The number of fused-ring (bicyclic) bond motifs is 1. The lowest BCUT2D eigenvalue weighted by atomic mass is 9.70. The number of rotatable bonds is 3. The summed E-state index contributed by atoms with van der Waals surface area (Å²) in [5.74, 6) is -4.47. The van der Waals surface area contributed by atoms with Gasteiger partial charge in [-0.2, -0.15) is 4.39 Å². The first kappa shape index (κ1) is 19.5. The zero-order valence-electron chi connectivity index (χ0n) is 16.2. The Morgan fingerprint density at radius 2 is 1.93 bits per heavy atom. The van der Waals surface area contributed by atoms with E-state index in [0.29, 0.717) is 11.3 Å². The second kappa shape index (κ2) is 7.21. The van der Waals surface area contributed by atoms with Crippen molar-refractivity contribution in [3.05, 3.63) is 47.8 Å². The zero-order chi connectivity index (χ0) is 20.6.